The van der Waals surface area contributed by atoms with Crippen molar-refractivity contribution in [1.29, 1.82) is 0 Å². The van der Waals surface area contributed by atoms with Gasteiger partial charge in [-0.25, -0.2) is 9.37 Å². The van der Waals surface area contributed by atoms with Crippen LogP contribution in [0.25, 0.3) is 10.2 Å². The number of fused-ring (bicyclic) bond motifs is 1. The van der Waals surface area contributed by atoms with Crippen LogP contribution in [0.1, 0.15) is 51.4 Å². The summed E-state index contributed by atoms with van der Waals surface area (Å²) in [5.41, 5.74) is 0.459. The Morgan fingerprint density at radius 2 is 1.85 bits per heavy atom. The number of halogens is 1. The number of hydrogen-bond acceptors (Lipinski definition) is 4. The van der Waals surface area contributed by atoms with Crippen molar-refractivity contribution in [2.75, 3.05) is 18.0 Å². The van der Waals surface area contributed by atoms with Gasteiger partial charge in [-0.15, -0.1) is 0 Å². The van der Waals surface area contributed by atoms with Gasteiger partial charge < -0.3 is 10.2 Å². The van der Waals surface area contributed by atoms with Crippen LogP contribution < -0.4 is 10.2 Å². The highest BCUT2D eigenvalue weighted by Gasteiger charge is 2.28. The van der Waals surface area contributed by atoms with Gasteiger partial charge in [0.1, 0.15) is 11.3 Å². The first-order valence-corrected chi connectivity index (χ1v) is 10.6. The van der Waals surface area contributed by atoms with Crippen LogP contribution in [0.3, 0.4) is 0 Å². The zero-order valence-corrected chi connectivity index (χ0v) is 15.9. The zero-order valence-electron chi connectivity index (χ0n) is 15.0. The van der Waals surface area contributed by atoms with E-state index in [1.54, 1.807) is 6.07 Å². The maximum Gasteiger partial charge on any atom is 0.223 e. The number of hydrogen-bond donors (Lipinski definition) is 1. The molecule has 140 valence electrons. The van der Waals surface area contributed by atoms with E-state index in [0.717, 1.165) is 48.6 Å². The van der Waals surface area contributed by atoms with Gasteiger partial charge in [0.05, 0.1) is 4.70 Å². The van der Waals surface area contributed by atoms with Gasteiger partial charge in [-0.1, -0.05) is 43.1 Å². The molecule has 2 aliphatic rings. The largest absolute Gasteiger partial charge is 0.353 e. The van der Waals surface area contributed by atoms with Gasteiger partial charge in [0, 0.05) is 25.0 Å². The van der Waals surface area contributed by atoms with E-state index in [2.05, 4.69) is 15.2 Å². The summed E-state index contributed by atoms with van der Waals surface area (Å²) in [6.45, 7) is 1.62. The first kappa shape index (κ1) is 17.7. The average molecular weight is 376 g/mol. The summed E-state index contributed by atoms with van der Waals surface area (Å²) in [6, 6.07) is 5.46. The SMILES string of the molecule is O=C(NC1CCCCCC1)C1CCN(c2nc3c(F)cccc3s2)CC1. The predicted octanol–water partition coefficient (Wildman–Crippen LogP) is 4.49. The third kappa shape index (κ3) is 3.85. The number of nitrogens with zero attached hydrogens (tertiary/aromatic N) is 2. The van der Waals surface area contributed by atoms with E-state index in [9.17, 15) is 9.18 Å². The molecule has 0 bridgehead atoms. The number of aromatic nitrogens is 1. The molecule has 0 unspecified atom stereocenters. The van der Waals surface area contributed by atoms with Gasteiger partial charge in [-0.05, 0) is 37.8 Å². The highest BCUT2D eigenvalue weighted by Crippen LogP contribution is 2.32. The van der Waals surface area contributed by atoms with E-state index in [-0.39, 0.29) is 17.6 Å². The van der Waals surface area contributed by atoms with E-state index in [0.29, 0.717) is 11.6 Å². The molecule has 1 aromatic heterocycles. The zero-order chi connectivity index (χ0) is 17.9. The summed E-state index contributed by atoms with van der Waals surface area (Å²) in [4.78, 5) is 19.3. The van der Waals surface area contributed by atoms with Crippen molar-refractivity contribution < 1.29 is 9.18 Å². The van der Waals surface area contributed by atoms with Crippen molar-refractivity contribution in [2.45, 2.75) is 57.4 Å². The Kier molecular flexibility index (Phi) is 5.38. The van der Waals surface area contributed by atoms with Crippen molar-refractivity contribution in [3.8, 4) is 0 Å². The summed E-state index contributed by atoms with van der Waals surface area (Å²) in [5, 5.41) is 4.16. The van der Waals surface area contributed by atoms with Gasteiger partial charge in [0.15, 0.2) is 5.13 Å². The number of rotatable bonds is 3. The van der Waals surface area contributed by atoms with Crippen LogP contribution in [0.5, 0.6) is 0 Å². The smallest absolute Gasteiger partial charge is 0.223 e. The summed E-state index contributed by atoms with van der Waals surface area (Å²) < 4.78 is 14.7. The lowest BCUT2D eigenvalue weighted by atomic mass is 9.95. The molecule has 0 spiro atoms. The average Bonchev–Trinajstić information content (AvgIpc) is 2.94. The maximum atomic E-state index is 13.9. The molecular weight excluding hydrogens is 349 g/mol. The molecule has 1 saturated carbocycles. The summed E-state index contributed by atoms with van der Waals surface area (Å²) in [6.07, 6.45) is 9.01. The van der Waals surface area contributed by atoms with E-state index in [1.807, 2.05) is 6.07 Å². The fraction of sp³-hybridized carbons (Fsp3) is 0.600. The first-order chi connectivity index (χ1) is 12.7. The van der Waals surface area contributed by atoms with Crippen LogP contribution in [-0.2, 0) is 4.79 Å². The highest BCUT2D eigenvalue weighted by atomic mass is 32.1. The van der Waals surface area contributed by atoms with Crippen molar-refractivity contribution in [3.05, 3.63) is 24.0 Å². The Morgan fingerprint density at radius 3 is 2.54 bits per heavy atom. The molecule has 1 N–H and O–H groups in total. The topological polar surface area (TPSA) is 45.2 Å². The van der Waals surface area contributed by atoms with Crippen molar-refractivity contribution >= 4 is 32.6 Å². The van der Waals surface area contributed by atoms with Crippen LogP contribution in [0, 0.1) is 11.7 Å². The van der Waals surface area contributed by atoms with Crippen LogP contribution in [0.2, 0.25) is 0 Å². The van der Waals surface area contributed by atoms with E-state index in [4.69, 9.17) is 0 Å². The third-order valence-corrected chi connectivity index (χ3v) is 6.78. The number of thiazole rings is 1. The molecule has 4 rings (SSSR count). The van der Waals surface area contributed by atoms with Gasteiger partial charge in [0.2, 0.25) is 5.91 Å². The Hall–Kier alpha value is -1.69. The summed E-state index contributed by atoms with van der Waals surface area (Å²) >= 11 is 1.53. The molecule has 6 heteroatoms. The third-order valence-electron chi connectivity index (χ3n) is 5.70. The minimum Gasteiger partial charge on any atom is -0.353 e. The minimum atomic E-state index is -0.261. The molecular formula is C20H26FN3OS. The van der Waals surface area contributed by atoms with Crippen molar-refractivity contribution in [2.24, 2.45) is 5.92 Å². The second-order valence-corrected chi connectivity index (χ2v) is 8.55. The van der Waals surface area contributed by atoms with E-state index in [1.165, 1.54) is 43.1 Å². The van der Waals surface area contributed by atoms with Crippen LogP contribution in [0.15, 0.2) is 18.2 Å². The van der Waals surface area contributed by atoms with Gasteiger partial charge in [-0.3, -0.25) is 4.79 Å². The number of carbonyl (C=O) groups excluding carboxylic acids is 1. The monoisotopic (exact) mass is 375 g/mol. The number of para-hydroxylation sites is 1. The first-order valence-electron chi connectivity index (χ1n) is 9.81. The van der Waals surface area contributed by atoms with Gasteiger partial charge in [0.25, 0.3) is 0 Å². The number of carbonyl (C=O) groups is 1. The molecule has 0 atom stereocenters. The molecule has 1 aliphatic carbocycles. The number of anilines is 1. The molecule has 1 saturated heterocycles. The predicted molar refractivity (Wildman–Crippen MR) is 104 cm³/mol. The summed E-state index contributed by atoms with van der Waals surface area (Å²) in [5.74, 6) is 0.0650. The Morgan fingerprint density at radius 1 is 1.12 bits per heavy atom. The molecule has 2 heterocycles. The molecule has 0 radical (unpaired) electrons. The fourth-order valence-corrected chi connectivity index (χ4v) is 5.15. The van der Waals surface area contributed by atoms with Gasteiger partial charge >= 0.3 is 0 Å². The number of benzene rings is 1. The Balaban J connectivity index is 1.34. The fourth-order valence-electron chi connectivity index (χ4n) is 4.11. The van der Waals surface area contributed by atoms with Crippen LogP contribution >= 0.6 is 11.3 Å². The van der Waals surface area contributed by atoms with E-state index < -0.39 is 0 Å². The Labute approximate surface area is 157 Å². The highest BCUT2D eigenvalue weighted by molar-refractivity contribution is 7.22. The molecule has 2 aromatic rings. The molecule has 26 heavy (non-hydrogen) atoms. The lowest BCUT2D eigenvalue weighted by molar-refractivity contribution is -0.126. The van der Waals surface area contributed by atoms with Gasteiger partial charge in [-0.2, -0.15) is 0 Å². The normalized spacial score (nSPS) is 20.3. The lowest BCUT2D eigenvalue weighted by Gasteiger charge is -2.31. The molecule has 1 aromatic carbocycles. The standard InChI is InChI=1S/C20H26FN3OS/c21-16-8-5-9-17-18(16)23-20(26-17)24-12-10-14(11-13-24)19(25)22-15-6-3-1-2-4-7-15/h5,8-9,14-15H,1-4,6-7,10-13H2,(H,22,25). The van der Waals surface area contributed by atoms with Crippen LogP contribution in [0.4, 0.5) is 9.52 Å². The second-order valence-electron chi connectivity index (χ2n) is 7.54. The minimum absolute atomic E-state index is 0.0978. The number of amides is 1. The van der Waals surface area contributed by atoms with Crippen molar-refractivity contribution in [3.63, 3.8) is 0 Å². The van der Waals surface area contributed by atoms with Crippen molar-refractivity contribution in [1.82, 2.24) is 10.3 Å². The number of piperidine rings is 1. The second kappa shape index (κ2) is 7.91. The molecule has 4 nitrogen and oxygen atoms in total. The maximum absolute atomic E-state index is 13.9. The van der Waals surface area contributed by atoms with E-state index >= 15 is 0 Å². The lowest BCUT2D eigenvalue weighted by Crippen LogP contribution is -2.43. The molecule has 1 aliphatic heterocycles. The number of nitrogens with one attached hydrogen (secondary N) is 1. The molecule has 1 amide bonds. The Bertz CT molecular complexity index is 762. The quantitative estimate of drug-likeness (QED) is 0.804. The van der Waals surface area contributed by atoms with Crippen LogP contribution in [-0.4, -0.2) is 30.0 Å². The molecule has 2 fully saturated rings. The summed E-state index contributed by atoms with van der Waals surface area (Å²) in [7, 11) is 0.